The molecule has 1 aromatic rings. The average molecular weight is 465 g/mol. The van der Waals surface area contributed by atoms with Gasteiger partial charge in [0, 0.05) is 38.2 Å². The van der Waals surface area contributed by atoms with Gasteiger partial charge in [-0.2, -0.15) is 0 Å². The topological polar surface area (TPSA) is 65.7 Å². The molecule has 0 aromatic carbocycles. The number of nitrogens with one attached hydrogen (secondary N) is 2. The number of aliphatic imine (C=N–C) groups is 1. The fourth-order valence-electron chi connectivity index (χ4n) is 2.80. The normalized spacial score (nSPS) is 12.0. The van der Waals surface area contributed by atoms with Crippen molar-refractivity contribution in [3.8, 4) is 0 Å². The van der Waals surface area contributed by atoms with E-state index >= 15 is 0 Å². The minimum absolute atomic E-state index is 0. The van der Waals surface area contributed by atoms with Crippen molar-refractivity contribution < 1.29 is 4.52 Å². The van der Waals surface area contributed by atoms with Crippen molar-refractivity contribution in [1.82, 2.24) is 20.7 Å². The number of guanidine groups is 1. The van der Waals surface area contributed by atoms with Crippen molar-refractivity contribution in [1.29, 1.82) is 0 Å². The maximum absolute atomic E-state index is 5.43. The summed E-state index contributed by atoms with van der Waals surface area (Å²) in [6, 6.07) is 2.61. The van der Waals surface area contributed by atoms with E-state index in [0.29, 0.717) is 18.5 Å². The van der Waals surface area contributed by atoms with Crippen LogP contribution in [0.4, 0.5) is 0 Å². The Morgan fingerprint density at radius 1 is 1.24 bits per heavy atom. The van der Waals surface area contributed by atoms with Crippen LogP contribution in [0.2, 0.25) is 0 Å². The largest absolute Gasteiger partial charge is 0.359 e. The molecule has 146 valence electrons. The van der Waals surface area contributed by atoms with Gasteiger partial charge in [0.1, 0.15) is 0 Å². The first-order valence-electron chi connectivity index (χ1n) is 9.19. The van der Waals surface area contributed by atoms with Crippen LogP contribution in [-0.4, -0.2) is 48.7 Å². The molecule has 6 nitrogen and oxygen atoms in total. The van der Waals surface area contributed by atoms with Gasteiger partial charge in [-0.05, 0) is 33.2 Å². The quantitative estimate of drug-likeness (QED) is 0.314. The van der Waals surface area contributed by atoms with E-state index in [2.05, 4.69) is 66.4 Å². The van der Waals surface area contributed by atoms with Crippen LogP contribution >= 0.6 is 24.0 Å². The summed E-state index contributed by atoms with van der Waals surface area (Å²) >= 11 is 0. The Labute approximate surface area is 170 Å². The Morgan fingerprint density at radius 2 is 1.92 bits per heavy atom. The summed E-state index contributed by atoms with van der Waals surface area (Å²) in [5.41, 5.74) is 1.05. The van der Waals surface area contributed by atoms with Crippen LogP contribution < -0.4 is 10.6 Å². The number of rotatable bonds is 10. The lowest BCUT2D eigenvalue weighted by atomic mass is 9.99. The molecule has 7 heteroatoms. The molecule has 0 unspecified atom stereocenters. The smallest absolute Gasteiger partial charge is 0.191 e. The third kappa shape index (κ3) is 8.40. The molecule has 0 aliphatic heterocycles. The summed E-state index contributed by atoms with van der Waals surface area (Å²) in [4.78, 5) is 6.67. The van der Waals surface area contributed by atoms with Crippen molar-refractivity contribution in [3.63, 3.8) is 0 Å². The number of halogens is 1. The van der Waals surface area contributed by atoms with Crippen molar-refractivity contribution in [3.05, 3.63) is 17.5 Å². The van der Waals surface area contributed by atoms with Gasteiger partial charge in [-0.25, -0.2) is 0 Å². The van der Waals surface area contributed by atoms with Crippen LogP contribution in [0.25, 0.3) is 0 Å². The molecule has 0 aliphatic carbocycles. The molecule has 0 fully saturated rings. The van der Waals surface area contributed by atoms with E-state index in [9.17, 15) is 0 Å². The van der Waals surface area contributed by atoms with E-state index in [-0.39, 0.29) is 24.0 Å². The van der Waals surface area contributed by atoms with Gasteiger partial charge in [-0.15, -0.1) is 24.0 Å². The number of hydrogen-bond donors (Lipinski definition) is 2. The molecule has 1 heterocycles. The lowest BCUT2D eigenvalue weighted by molar-refractivity contribution is 0.237. The van der Waals surface area contributed by atoms with E-state index < -0.39 is 0 Å². The fraction of sp³-hybridized carbons (Fsp3) is 0.778. The second kappa shape index (κ2) is 13.4. The molecule has 0 saturated heterocycles. The van der Waals surface area contributed by atoms with Gasteiger partial charge >= 0.3 is 0 Å². The predicted octanol–water partition coefficient (Wildman–Crippen LogP) is 3.59. The van der Waals surface area contributed by atoms with Crippen molar-refractivity contribution in [2.75, 3.05) is 26.7 Å². The van der Waals surface area contributed by atoms with Crippen LogP contribution in [0.5, 0.6) is 0 Å². The maximum atomic E-state index is 5.43. The molecule has 0 spiro atoms. The zero-order valence-corrected chi connectivity index (χ0v) is 19.0. The van der Waals surface area contributed by atoms with E-state index in [0.717, 1.165) is 49.9 Å². The highest BCUT2D eigenvalue weighted by Gasteiger charge is 2.13. The minimum atomic E-state index is 0. The number of hydrogen-bond acceptors (Lipinski definition) is 4. The van der Waals surface area contributed by atoms with E-state index in [4.69, 9.17) is 4.52 Å². The highest BCUT2D eigenvalue weighted by atomic mass is 127. The molecule has 0 amide bonds. The zero-order chi connectivity index (χ0) is 17.9. The monoisotopic (exact) mass is 465 g/mol. The first-order valence-corrected chi connectivity index (χ1v) is 9.19. The van der Waals surface area contributed by atoms with Gasteiger partial charge in [0.25, 0.3) is 0 Å². The van der Waals surface area contributed by atoms with Crippen molar-refractivity contribution in [2.24, 2.45) is 4.99 Å². The highest BCUT2D eigenvalue weighted by molar-refractivity contribution is 14.0. The number of likely N-dealkylation sites (N-methyl/N-ethyl adjacent to an activating group) is 1. The second-order valence-corrected chi connectivity index (χ2v) is 6.31. The van der Waals surface area contributed by atoms with Crippen LogP contribution in [0.1, 0.15) is 64.8 Å². The molecule has 0 aliphatic rings. The van der Waals surface area contributed by atoms with Gasteiger partial charge in [-0.3, -0.25) is 9.89 Å². The van der Waals surface area contributed by atoms with Gasteiger partial charge in [0.15, 0.2) is 11.7 Å². The Bertz CT molecular complexity index is 486. The number of nitrogens with zero attached hydrogens (tertiary/aromatic N) is 3. The van der Waals surface area contributed by atoms with Crippen LogP contribution in [0.3, 0.4) is 0 Å². The Kier molecular flexibility index (Phi) is 12.9. The van der Waals surface area contributed by atoms with Gasteiger partial charge in [0.05, 0.1) is 12.2 Å². The van der Waals surface area contributed by atoms with E-state index in [1.807, 2.05) is 0 Å². The van der Waals surface area contributed by atoms with Crippen LogP contribution in [-0.2, 0) is 6.54 Å². The maximum Gasteiger partial charge on any atom is 0.191 e. The van der Waals surface area contributed by atoms with Crippen molar-refractivity contribution >= 4 is 29.9 Å². The molecule has 0 saturated carbocycles. The van der Waals surface area contributed by atoms with Crippen LogP contribution in [0.15, 0.2) is 15.6 Å². The molecule has 25 heavy (non-hydrogen) atoms. The van der Waals surface area contributed by atoms with Gasteiger partial charge < -0.3 is 15.2 Å². The SMILES string of the molecule is CCC(CC)c1cc(CNC(=NC)NCCN(CC)C(C)C)on1.I. The fourth-order valence-corrected chi connectivity index (χ4v) is 2.80. The summed E-state index contributed by atoms with van der Waals surface area (Å²) in [7, 11) is 1.78. The third-order valence-corrected chi connectivity index (χ3v) is 4.46. The first-order chi connectivity index (χ1) is 11.5. The summed E-state index contributed by atoms with van der Waals surface area (Å²) in [5.74, 6) is 2.11. The lowest BCUT2D eigenvalue weighted by Gasteiger charge is -2.25. The molecule has 1 rings (SSSR count). The first kappa shape index (κ1) is 24.2. The molecule has 0 bridgehead atoms. The third-order valence-electron chi connectivity index (χ3n) is 4.46. The summed E-state index contributed by atoms with van der Waals surface area (Å²) in [6.45, 7) is 14.5. The van der Waals surface area contributed by atoms with Crippen LogP contribution in [0, 0.1) is 0 Å². The summed E-state index contributed by atoms with van der Waals surface area (Å²) < 4.78 is 5.43. The number of aromatic nitrogens is 1. The van der Waals surface area contributed by atoms with Gasteiger partial charge in [-0.1, -0.05) is 25.9 Å². The zero-order valence-electron chi connectivity index (χ0n) is 16.6. The highest BCUT2D eigenvalue weighted by Crippen LogP contribution is 2.22. The second-order valence-electron chi connectivity index (χ2n) is 6.31. The minimum Gasteiger partial charge on any atom is -0.359 e. The molecule has 0 radical (unpaired) electrons. The molecule has 0 atom stereocenters. The predicted molar refractivity (Wildman–Crippen MR) is 116 cm³/mol. The molecular formula is C18H36IN5O. The summed E-state index contributed by atoms with van der Waals surface area (Å²) in [6.07, 6.45) is 2.17. The summed E-state index contributed by atoms with van der Waals surface area (Å²) in [5, 5.41) is 10.8. The van der Waals surface area contributed by atoms with E-state index in [1.165, 1.54) is 0 Å². The lowest BCUT2D eigenvalue weighted by Crippen LogP contribution is -2.42. The van der Waals surface area contributed by atoms with Crippen molar-refractivity contribution in [2.45, 2.75) is 66.0 Å². The average Bonchev–Trinajstić information content (AvgIpc) is 3.04. The molecule has 1 aromatic heterocycles. The Hall–Kier alpha value is -0.830. The Balaban J connectivity index is 0.00000576. The standard InChI is InChI=1S/C18H35N5O.HI/c1-7-15(8-2)17-12-16(24-22-17)13-21-18(19-6)20-10-11-23(9-3)14(4)5;/h12,14-15H,7-11,13H2,1-6H3,(H2,19,20,21);1H. The van der Waals surface area contributed by atoms with Gasteiger partial charge in [0.2, 0.25) is 0 Å². The Morgan fingerprint density at radius 3 is 2.44 bits per heavy atom. The van der Waals surface area contributed by atoms with E-state index in [1.54, 1.807) is 7.05 Å². The molecule has 2 N–H and O–H groups in total. The molecular weight excluding hydrogens is 429 g/mol.